The van der Waals surface area contributed by atoms with Gasteiger partial charge in [-0.05, 0) is 51.4 Å². The molecule has 0 aromatic carbocycles. The van der Waals surface area contributed by atoms with E-state index < -0.39 is 11.3 Å². The molecule has 4 aromatic rings. The van der Waals surface area contributed by atoms with Crippen molar-refractivity contribution in [1.82, 2.24) is 0 Å². The van der Waals surface area contributed by atoms with Gasteiger partial charge in [0, 0.05) is 51.6 Å². The van der Waals surface area contributed by atoms with Crippen LogP contribution < -0.4 is 11.5 Å². The Morgan fingerprint density at radius 1 is 0.676 bits per heavy atom. The van der Waals surface area contributed by atoms with E-state index in [0.717, 1.165) is 30.7 Å². The van der Waals surface area contributed by atoms with Crippen LogP contribution in [0.5, 0.6) is 0 Å². The molecule has 0 atom stereocenters. The molecular formula is C26H26N2O2S4. The summed E-state index contributed by atoms with van der Waals surface area (Å²) >= 11 is 6.53. The van der Waals surface area contributed by atoms with Crippen LogP contribution in [0, 0.1) is 5.41 Å². The Bertz CT molecular complexity index is 1190. The van der Waals surface area contributed by atoms with Crippen LogP contribution in [0.25, 0.3) is 0 Å². The Balaban J connectivity index is 1.94. The lowest BCUT2D eigenvalue weighted by Crippen LogP contribution is -2.44. The van der Waals surface area contributed by atoms with Crippen LogP contribution in [-0.4, -0.2) is 11.8 Å². The van der Waals surface area contributed by atoms with E-state index in [2.05, 4.69) is 12.1 Å². The van der Waals surface area contributed by atoms with Crippen molar-refractivity contribution in [2.75, 3.05) is 0 Å². The van der Waals surface area contributed by atoms with Gasteiger partial charge in [-0.15, -0.1) is 45.3 Å². The molecule has 4 nitrogen and oxygen atoms in total. The van der Waals surface area contributed by atoms with Gasteiger partial charge in [0.15, 0.2) is 0 Å². The van der Waals surface area contributed by atoms with E-state index in [0.29, 0.717) is 25.7 Å². The summed E-state index contributed by atoms with van der Waals surface area (Å²) in [6.07, 6.45) is 2.22. The maximum absolute atomic E-state index is 13.5. The van der Waals surface area contributed by atoms with Gasteiger partial charge in [-0.3, -0.25) is 9.59 Å². The molecule has 34 heavy (non-hydrogen) atoms. The summed E-state index contributed by atoms with van der Waals surface area (Å²) in [5, 5.41) is 8.09. The molecule has 2 amide bonds. The minimum absolute atomic E-state index is 0.0997. The molecule has 4 aromatic heterocycles. The van der Waals surface area contributed by atoms with Crippen molar-refractivity contribution in [3.05, 3.63) is 101 Å². The molecule has 0 fully saturated rings. The number of carbonyl (C=O) groups excluding carboxylic acids is 2. The summed E-state index contributed by atoms with van der Waals surface area (Å²) in [7, 11) is 0. The van der Waals surface area contributed by atoms with Crippen LogP contribution in [0.4, 0.5) is 0 Å². The molecule has 4 heterocycles. The van der Waals surface area contributed by atoms with E-state index in [1.54, 1.807) is 45.3 Å². The normalized spacial score (nSPS) is 12.5. The molecule has 0 aliphatic rings. The van der Waals surface area contributed by atoms with Crippen LogP contribution in [0.15, 0.2) is 81.2 Å². The summed E-state index contributed by atoms with van der Waals surface area (Å²) in [6, 6.07) is 16.2. The second-order valence-electron chi connectivity index (χ2n) is 8.20. The van der Waals surface area contributed by atoms with E-state index in [1.807, 2.05) is 57.9 Å². The molecular weight excluding hydrogens is 501 g/mol. The average molecular weight is 527 g/mol. The fraction of sp³-hybridized carbons (Fsp3) is 0.231. The Hall–Kier alpha value is -2.52. The largest absolute Gasteiger partial charge is 0.369 e. The number of thiophene rings is 4. The maximum Gasteiger partial charge on any atom is 0.228 e. The number of hydrogen-bond acceptors (Lipinski definition) is 6. The molecule has 0 bridgehead atoms. The lowest BCUT2D eigenvalue weighted by Gasteiger charge is -2.35. The smallest absolute Gasteiger partial charge is 0.228 e. The number of carbonyl (C=O) groups is 2. The van der Waals surface area contributed by atoms with Gasteiger partial charge in [-0.25, -0.2) is 0 Å². The summed E-state index contributed by atoms with van der Waals surface area (Å²) in [5.74, 6) is -0.769. The molecule has 8 heteroatoms. The van der Waals surface area contributed by atoms with Crippen LogP contribution >= 0.6 is 45.3 Å². The highest BCUT2D eigenvalue weighted by atomic mass is 32.1. The topological polar surface area (TPSA) is 86.2 Å². The molecule has 0 saturated carbocycles. The lowest BCUT2D eigenvalue weighted by molar-refractivity contribution is -0.126. The molecule has 0 saturated heterocycles. The molecule has 4 N–H and O–H groups in total. The molecule has 0 unspecified atom stereocenters. The zero-order chi connectivity index (χ0) is 24.0. The van der Waals surface area contributed by atoms with Crippen molar-refractivity contribution in [3.8, 4) is 0 Å². The second-order valence-corrected chi connectivity index (χ2v) is 12.3. The molecule has 176 valence electrons. The zero-order valence-corrected chi connectivity index (χ0v) is 21.8. The van der Waals surface area contributed by atoms with Gasteiger partial charge in [-0.2, -0.15) is 0 Å². The fourth-order valence-corrected chi connectivity index (χ4v) is 7.45. The van der Waals surface area contributed by atoms with E-state index in [1.165, 1.54) is 0 Å². The Kier molecular flexibility index (Phi) is 8.15. The van der Waals surface area contributed by atoms with Crippen molar-refractivity contribution in [2.45, 2.75) is 32.1 Å². The number of hydrogen-bond donors (Lipinski definition) is 2. The van der Waals surface area contributed by atoms with Gasteiger partial charge in [-0.1, -0.05) is 29.8 Å². The van der Waals surface area contributed by atoms with Gasteiger partial charge >= 0.3 is 0 Å². The van der Waals surface area contributed by atoms with E-state index >= 15 is 0 Å². The van der Waals surface area contributed by atoms with Crippen molar-refractivity contribution >= 4 is 57.2 Å². The van der Waals surface area contributed by atoms with Gasteiger partial charge in [0.05, 0.1) is 5.41 Å². The number of amides is 2. The summed E-state index contributed by atoms with van der Waals surface area (Å²) in [5.41, 5.74) is 12.9. The van der Waals surface area contributed by atoms with E-state index in [9.17, 15) is 9.59 Å². The van der Waals surface area contributed by atoms with Gasteiger partial charge < -0.3 is 11.5 Å². The number of rotatable bonds is 12. The number of primary amides is 2. The highest BCUT2D eigenvalue weighted by Crippen LogP contribution is 2.43. The first-order chi connectivity index (χ1) is 16.5. The molecule has 0 spiro atoms. The Morgan fingerprint density at radius 2 is 1.12 bits per heavy atom. The van der Waals surface area contributed by atoms with Gasteiger partial charge in [0.25, 0.3) is 0 Å². The lowest BCUT2D eigenvalue weighted by atomic mass is 9.69. The SMILES string of the molecule is NC(=O)C/C(Cc1cccs1)=C(\Cc1cccs1)C(Cc1cccs1)(Cc1cccs1)C(N)=O. The predicted molar refractivity (Wildman–Crippen MR) is 145 cm³/mol. The summed E-state index contributed by atoms with van der Waals surface area (Å²) in [4.78, 5) is 30.2. The zero-order valence-electron chi connectivity index (χ0n) is 18.6. The predicted octanol–water partition coefficient (Wildman–Crippen LogP) is 5.85. The first-order valence-corrected chi connectivity index (χ1v) is 14.4. The highest BCUT2D eigenvalue weighted by molar-refractivity contribution is 7.10. The Morgan fingerprint density at radius 3 is 1.50 bits per heavy atom. The quantitative estimate of drug-likeness (QED) is 0.227. The third kappa shape index (κ3) is 5.93. The third-order valence-corrected chi connectivity index (χ3v) is 9.38. The van der Waals surface area contributed by atoms with Gasteiger partial charge in [0.1, 0.15) is 0 Å². The van der Waals surface area contributed by atoms with E-state index in [4.69, 9.17) is 11.5 Å². The molecule has 0 aliphatic carbocycles. The van der Waals surface area contributed by atoms with Crippen LogP contribution in [-0.2, 0) is 35.3 Å². The first kappa shape index (κ1) is 24.6. The van der Waals surface area contributed by atoms with Crippen LogP contribution in [0.2, 0.25) is 0 Å². The van der Waals surface area contributed by atoms with Crippen LogP contribution in [0.3, 0.4) is 0 Å². The molecule has 4 rings (SSSR count). The van der Waals surface area contributed by atoms with Gasteiger partial charge in [0.2, 0.25) is 11.8 Å². The summed E-state index contributed by atoms with van der Waals surface area (Å²) in [6.45, 7) is 0. The minimum Gasteiger partial charge on any atom is -0.369 e. The maximum atomic E-state index is 13.5. The third-order valence-electron chi connectivity index (χ3n) is 5.87. The summed E-state index contributed by atoms with van der Waals surface area (Å²) < 4.78 is 0. The van der Waals surface area contributed by atoms with Crippen LogP contribution in [0.1, 0.15) is 25.9 Å². The molecule has 0 radical (unpaired) electrons. The Labute approximate surface area is 215 Å². The van der Waals surface area contributed by atoms with Crippen molar-refractivity contribution in [2.24, 2.45) is 16.9 Å². The van der Waals surface area contributed by atoms with E-state index in [-0.39, 0.29) is 12.3 Å². The van der Waals surface area contributed by atoms with Crippen molar-refractivity contribution < 1.29 is 9.59 Å². The molecule has 0 aliphatic heterocycles. The first-order valence-electron chi connectivity index (χ1n) is 10.9. The average Bonchev–Trinajstić information content (AvgIpc) is 3.60. The number of nitrogens with two attached hydrogens (primary N) is 2. The standard InChI is InChI=1S/C26H26N2O2S4/c27-24(29)14-18(13-19-5-1-9-31-19)23(15-20-6-2-10-32-20)26(25(28)30,16-21-7-3-11-33-21)17-22-8-4-12-34-22/h1-12H,13-17H2,(H2,27,29)(H2,28,30)/b23-18+. The monoisotopic (exact) mass is 526 g/mol. The second kappa shape index (κ2) is 11.3. The highest BCUT2D eigenvalue weighted by Gasteiger charge is 2.43. The van der Waals surface area contributed by atoms with Crippen molar-refractivity contribution in [3.63, 3.8) is 0 Å². The minimum atomic E-state index is -0.970. The fourth-order valence-electron chi connectivity index (χ4n) is 4.35. The van der Waals surface area contributed by atoms with Crippen molar-refractivity contribution in [1.29, 1.82) is 0 Å².